The van der Waals surface area contributed by atoms with E-state index in [2.05, 4.69) is 0 Å². The number of amides is 1. The fourth-order valence-electron chi connectivity index (χ4n) is 3.05. The van der Waals surface area contributed by atoms with Gasteiger partial charge in [0.05, 0.1) is 5.02 Å². The van der Waals surface area contributed by atoms with Gasteiger partial charge < -0.3 is 9.64 Å². The monoisotopic (exact) mass is 375 g/mol. The largest absolute Gasteiger partial charge is 0.482 e. The average Bonchev–Trinajstić information content (AvgIpc) is 2.67. The smallest absolute Gasteiger partial charge is 0.260 e. The maximum Gasteiger partial charge on any atom is 0.260 e. The Bertz CT molecular complexity index is 789. The predicted molar refractivity (Wildman–Crippen MR) is 97.0 cm³/mol. The Morgan fingerprint density at radius 2 is 1.81 bits per heavy atom. The number of Topliss-reactive ketones (excluding diaryl/α,β-unsaturated/α-hetero) is 1. The molecule has 0 bridgehead atoms. The van der Waals surface area contributed by atoms with E-state index < -0.39 is 5.82 Å². The molecule has 0 aromatic heterocycles. The number of likely N-dealkylation sites (tertiary alicyclic amines) is 1. The van der Waals surface area contributed by atoms with Crippen molar-refractivity contribution in [2.45, 2.75) is 12.8 Å². The molecule has 1 saturated heterocycles. The van der Waals surface area contributed by atoms with Crippen LogP contribution in [0.3, 0.4) is 0 Å². The van der Waals surface area contributed by atoms with Gasteiger partial charge in [0.15, 0.2) is 12.4 Å². The summed E-state index contributed by atoms with van der Waals surface area (Å²) in [7, 11) is 0. The van der Waals surface area contributed by atoms with Crippen molar-refractivity contribution in [3.05, 3.63) is 64.9 Å². The van der Waals surface area contributed by atoms with Gasteiger partial charge in [-0.2, -0.15) is 0 Å². The molecule has 0 atom stereocenters. The van der Waals surface area contributed by atoms with E-state index in [1.807, 2.05) is 30.3 Å². The van der Waals surface area contributed by atoms with Gasteiger partial charge in [-0.05, 0) is 31.0 Å². The second-order valence-corrected chi connectivity index (χ2v) is 6.66. The predicted octanol–water partition coefficient (Wildman–Crippen LogP) is 3.98. The van der Waals surface area contributed by atoms with Crippen LogP contribution in [-0.4, -0.2) is 36.3 Å². The third-order valence-electron chi connectivity index (χ3n) is 4.52. The quantitative estimate of drug-likeness (QED) is 0.742. The molecule has 0 saturated carbocycles. The lowest BCUT2D eigenvalue weighted by Gasteiger charge is -2.31. The highest BCUT2D eigenvalue weighted by Crippen LogP contribution is 2.25. The molecule has 6 heteroatoms. The molecule has 3 rings (SSSR count). The zero-order chi connectivity index (χ0) is 18.5. The van der Waals surface area contributed by atoms with E-state index in [0.717, 1.165) is 6.07 Å². The fourth-order valence-corrected chi connectivity index (χ4v) is 3.27. The summed E-state index contributed by atoms with van der Waals surface area (Å²) in [4.78, 5) is 26.5. The van der Waals surface area contributed by atoms with Crippen molar-refractivity contribution in [2.24, 2.45) is 5.92 Å². The lowest BCUT2D eigenvalue weighted by Crippen LogP contribution is -2.42. The van der Waals surface area contributed by atoms with E-state index in [0.29, 0.717) is 31.5 Å². The molecule has 0 spiro atoms. The van der Waals surface area contributed by atoms with E-state index >= 15 is 0 Å². The number of nitrogens with zero attached hydrogens (tertiary/aromatic N) is 1. The van der Waals surface area contributed by atoms with Crippen LogP contribution in [0.1, 0.15) is 23.2 Å². The number of ketones is 1. The summed E-state index contributed by atoms with van der Waals surface area (Å²) in [6.07, 6.45) is 1.27. The number of hydrogen-bond donors (Lipinski definition) is 0. The maximum atomic E-state index is 13.0. The summed E-state index contributed by atoms with van der Waals surface area (Å²) in [5, 5.41) is 0.130. The molecule has 1 fully saturated rings. The van der Waals surface area contributed by atoms with Gasteiger partial charge in [-0.25, -0.2) is 4.39 Å². The maximum absolute atomic E-state index is 13.0. The Morgan fingerprint density at radius 1 is 1.12 bits per heavy atom. The topological polar surface area (TPSA) is 46.6 Å². The first-order valence-electron chi connectivity index (χ1n) is 8.49. The lowest BCUT2D eigenvalue weighted by molar-refractivity contribution is -0.134. The normalized spacial score (nSPS) is 14.9. The molecule has 1 aliphatic rings. The van der Waals surface area contributed by atoms with Crippen LogP contribution in [0.15, 0.2) is 48.5 Å². The molecular weight excluding hydrogens is 357 g/mol. The Kier molecular flexibility index (Phi) is 5.89. The van der Waals surface area contributed by atoms with Crippen molar-refractivity contribution in [1.29, 1.82) is 0 Å². The number of benzene rings is 2. The summed E-state index contributed by atoms with van der Waals surface area (Å²) in [5.41, 5.74) is 0.714. The van der Waals surface area contributed by atoms with E-state index in [1.165, 1.54) is 12.1 Å². The molecule has 1 amide bonds. The van der Waals surface area contributed by atoms with Gasteiger partial charge in [-0.15, -0.1) is 0 Å². The van der Waals surface area contributed by atoms with Gasteiger partial charge >= 0.3 is 0 Å². The fraction of sp³-hybridized carbons (Fsp3) is 0.300. The first kappa shape index (κ1) is 18.4. The van der Waals surface area contributed by atoms with Crippen LogP contribution in [0.4, 0.5) is 4.39 Å². The third-order valence-corrected chi connectivity index (χ3v) is 4.82. The highest BCUT2D eigenvalue weighted by Gasteiger charge is 2.28. The molecular formula is C20H19ClFNO3. The molecule has 2 aromatic carbocycles. The number of rotatable bonds is 5. The van der Waals surface area contributed by atoms with Crippen LogP contribution >= 0.6 is 11.6 Å². The van der Waals surface area contributed by atoms with Crippen LogP contribution in [0.25, 0.3) is 0 Å². The number of hydrogen-bond acceptors (Lipinski definition) is 3. The van der Waals surface area contributed by atoms with Crippen molar-refractivity contribution in [1.82, 2.24) is 4.90 Å². The van der Waals surface area contributed by atoms with Crippen molar-refractivity contribution in [2.75, 3.05) is 19.7 Å². The highest BCUT2D eigenvalue weighted by atomic mass is 35.5. The molecule has 0 aliphatic carbocycles. The van der Waals surface area contributed by atoms with Crippen molar-refractivity contribution in [3.8, 4) is 5.75 Å². The summed E-state index contributed by atoms with van der Waals surface area (Å²) >= 11 is 5.88. The first-order valence-corrected chi connectivity index (χ1v) is 8.87. The van der Waals surface area contributed by atoms with Gasteiger partial charge in [-0.1, -0.05) is 41.9 Å². The minimum Gasteiger partial charge on any atom is -0.482 e. The lowest BCUT2D eigenvalue weighted by atomic mass is 9.89. The Morgan fingerprint density at radius 3 is 2.46 bits per heavy atom. The standard InChI is InChI=1S/C20H19ClFNO3/c21-17-12-16(22)6-7-18(17)26-13-19(24)23-10-8-15(9-11-23)20(25)14-4-2-1-3-5-14/h1-7,12,15H,8-11,13H2. The minimum atomic E-state index is -0.459. The van der Waals surface area contributed by atoms with Gasteiger partial charge in [0.25, 0.3) is 5.91 Å². The summed E-state index contributed by atoms with van der Waals surface area (Å²) < 4.78 is 18.4. The SMILES string of the molecule is O=C(c1ccccc1)C1CCN(C(=O)COc2ccc(F)cc2Cl)CC1. The number of carbonyl (C=O) groups excluding carboxylic acids is 2. The van der Waals surface area contributed by atoms with Crippen LogP contribution in [0, 0.1) is 11.7 Å². The molecule has 2 aromatic rings. The Balaban J connectivity index is 1.50. The average molecular weight is 376 g/mol. The number of carbonyl (C=O) groups is 2. The van der Waals surface area contributed by atoms with Crippen molar-refractivity contribution in [3.63, 3.8) is 0 Å². The Labute approximate surface area is 156 Å². The van der Waals surface area contributed by atoms with Crippen LogP contribution < -0.4 is 4.74 Å². The molecule has 0 unspecified atom stereocenters. The molecule has 4 nitrogen and oxygen atoms in total. The molecule has 136 valence electrons. The highest BCUT2D eigenvalue weighted by molar-refractivity contribution is 6.32. The summed E-state index contributed by atoms with van der Waals surface area (Å²) in [6.45, 7) is 0.869. The van der Waals surface area contributed by atoms with E-state index in [4.69, 9.17) is 16.3 Å². The molecule has 1 heterocycles. The second-order valence-electron chi connectivity index (χ2n) is 6.25. The van der Waals surface area contributed by atoms with E-state index in [9.17, 15) is 14.0 Å². The number of ether oxygens (including phenoxy) is 1. The second kappa shape index (κ2) is 8.32. The van der Waals surface area contributed by atoms with E-state index in [1.54, 1.807) is 4.90 Å². The molecule has 0 N–H and O–H groups in total. The van der Waals surface area contributed by atoms with Crippen molar-refractivity contribution < 1.29 is 18.7 Å². The molecule has 0 radical (unpaired) electrons. The van der Waals surface area contributed by atoms with Crippen LogP contribution in [0.2, 0.25) is 5.02 Å². The Hall–Kier alpha value is -2.40. The van der Waals surface area contributed by atoms with Crippen molar-refractivity contribution >= 4 is 23.3 Å². The summed E-state index contributed by atoms with van der Waals surface area (Å²) in [5.74, 6) is -0.286. The number of halogens is 2. The van der Waals surface area contributed by atoms with Gasteiger partial charge in [-0.3, -0.25) is 9.59 Å². The van der Waals surface area contributed by atoms with E-state index in [-0.39, 0.29) is 35.0 Å². The summed E-state index contributed by atoms with van der Waals surface area (Å²) in [6, 6.07) is 13.0. The zero-order valence-corrected chi connectivity index (χ0v) is 14.9. The van der Waals surface area contributed by atoms with Gasteiger partial charge in [0.2, 0.25) is 0 Å². The van der Waals surface area contributed by atoms with Gasteiger partial charge in [0, 0.05) is 24.6 Å². The minimum absolute atomic E-state index is 0.0612. The van der Waals surface area contributed by atoms with Crippen LogP contribution in [-0.2, 0) is 4.79 Å². The van der Waals surface area contributed by atoms with Gasteiger partial charge in [0.1, 0.15) is 11.6 Å². The first-order chi connectivity index (χ1) is 12.5. The van der Waals surface area contributed by atoms with Crippen LogP contribution in [0.5, 0.6) is 5.75 Å². The molecule has 26 heavy (non-hydrogen) atoms. The zero-order valence-electron chi connectivity index (χ0n) is 14.2. The third kappa shape index (κ3) is 4.41. The number of piperidine rings is 1. The molecule has 1 aliphatic heterocycles.